The van der Waals surface area contributed by atoms with Gasteiger partial charge in [-0.15, -0.1) is 0 Å². The molecule has 0 unspecified atom stereocenters. The molecule has 194 valence electrons. The Morgan fingerprint density at radius 3 is 2.31 bits per heavy atom. The van der Waals surface area contributed by atoms with E-state index < -0.39 is 29.2 Å². The summed E-state index contributed by atoms with van der Waals surface area (Å²) in [6.07, 6.45) is -1.21. The summed E-state index contributed by atoms with van der Waals surface area (Å²) >= 11 is 0. The van der Waals surface area contributed by atoms with E-state index in [0.717, 1.165) is 32.1 Å². The summed E-state index contributed by atoms with van der Waals surface area (Å²) in [6.45, 7) is 5.11. The molecule has 2 N–H and O–H groups in total. The van der Waals surface area contributed by atoms with Crippen LogP contribution in [0.15, 0.2) is 24.3 Å². The van der Waals surface area contributed by atoms with Gasteiger partial charge in [0, 0.05) is 38.3 Å². The molecule has 1 aliphatic carbocycles. The summed E-state index contributed by atoms with van der Waals surface area (Å²) in [5, 5.41) is 0. The first-order valence-corrected chi connectivity index (χ1v) is 12.1. The van der Waals surface area contributed by atoms with Crippen molar-refractivity contribution in [3.05, 3.63) is 29.8 Å². The fourth-order valence-corrected chi connectivity index (χ4v) is 4.85. The van der Waals surface area contributed by atoms with Crippen LogP contribution in [0.5, 0.6) is 0 Å². The first kappa shape index (κ1) is 27.0. The highest BCUT2D eigenvalue weighted by atomic mass is 19.4. The van der Waals surface area contributed by atoms with Gasteiger partial charge in [-0.2, -0.15) is 13.2 Å². The van der Waals surface area contributed by atoms with Crippen molar-refractivity contribution in [3.63, 3.8) is 0 Å². The number of alkyl halides is 3. The van der Waals surface area contributed by atoms with Crippen molar-refractivity contribution in [2.45, 2.75) is 63.6 Å². The minimum absolute atomic E-state index is 0.0553. The SMILES string of the molecule is CC(=O)CCC(=O)OC1(C(N)=O)CCC(CCN2CCN(c3cccc(C(F)(F)F)c3)CC2)CC1. The first-order valence-electron chi connectivity index (χ1n) is 12.1. The Balaban J connectivity index is 1.43. The third kappa shape index (κ3) is 7.43. The zero-order chi connectivity index (χ0) is 25.6. The van der Waals surface area contributed by atoms with E-state index in [1.54, 1.807) is 6.07 Å². The van der Waals surface area contributed by atoms with E-state index in [1.165, 1.54) is 19.1 Å². The van der Waals surface area contributed by atoms with Crippen molar-refractivity contribution in [1.29, 1.82) is 0 Å². The van der Waals surface area contributed by atoms with Crippen molar-refractivity contribution in [1.82, 2.24) is 4.90 Å². The van der Waals surface area contributed by atoms with Gasteiger partial charge >= 0.3 is 12.1 Å². The van der Waals surface area contributed by atoms with E-state index in [-0.39, 0.29) is 18.6 Å². The fourth-order valence-electron chi connectivity index (χ4n) is 4.85. The first-order chi connectivity index (χ1) is 16.5. The number of rotatable bonds is 9. The van der Waals surface area contributed by atoms with Crippen LogP contribution in [0, 0.1) is 5.92 Å². The third-order valence-electron chi connectivity index (χ3n) is 7.12. The number of hydrogen-bond donors (Lipinski definition) is 1. The van der Waals surface area contributed by atoms with Crippen molar-refractivity contribution in [2.24, 2.45) is 11.7 Å². The number of nitrogens with two attached hydrogens (primary N) is 1. The molecule has 7 nitrogen and oxygen atoms in total. The van der Waals surface area contributed by atoms with Crippen LogP contribution in [0.25, 0.3) is 0 Å². The number of Topliss-reactive ketones (excluding diaryl/α,β-unsaturated/α-hetero) is 1. The van der Waals surface area contributed by atoms with Gasteiger partial charge in [0.15, 0.2) is 5.60 Å². The third-order valence-corrected chi connectivity index (χ3v) is 7.12. The van der Waals surface area contributed by atoms with Gasteiger partial charge in [-0.3, -0.25) is 14.5 Å². The molecule has 1 aliphatic heterocycles. The molecule has 0 radical (unpaired) electrons. The predicted molar refractivity (Wildman–Crippen MR) is 125 cm³/mol. The lowest BCUT2D eigenvalue weighted by atomic mass is 9.77. The van der Waals surface area contributed by atoms with E-state index in [9.17, 15) is 27.6 Å². The molecule has 1 heterocycles. The maximum absolute atomic E-state index is 13.0. The number of carbonyl (C=O) groups excluding carboxylic acids is 3. The molecule has 2 fully saturated rings. The zero-order valence-corrected chi connectivity index (χ0v) is 20.1. The largest absolute Gasteiger partial charge is 0.449 e. The molecule has 3 rings (SSSR count). The Morgan fingerprint density at radius 2 is 1.74 bits per heavy atom. The molecule has 35 heavy (non-hydrogen) atoms. The number of halogens is 3. The average Bonchev–Trinajstić information content (AvgIpc) is 2.82. The Hall–Kier alpha value is -2.62. The van der Waals surface area contributed by atoms with Crippen molar-refractivity contribution in [2.75, 3.05) is 37.6 Å². The summed E-state index contributed by atoms with van der Waals surface area (Å²) in [5.74, 6) is -0.955. The highest BCUT2D eigenvalue weighted by molar-refractivity contribution is 5.87. The molecular formula is C25H34F3N3O4. The Labute approximate surface area is 203 Å². The molecule has 1 amide bonds. The highest BCUT2D eigenvalue weighted by Crippen LogP contribution is 2.37. The molecule has 0 spiro atoms. The van der Waals surface area contributed by atoms with E-state index in [0.29, 0.717) is 50.4 Å². The summed E-state index contributed by atoms with van der Waals surface area (Å²) in [6, 6.07) is 5.45. The van der Waals surface area contributed by atoms with Crippen LogP contribution in [0.3, 0.4) is 0 Å². The van der Waals surface area contributed by atoms with Gasteiger partial charge in [-0.1, -0.05) is 6.07 Å². The molecule has 1 aromatic carbocycles. The minimum Gasteiger partial charge on any atom is -0.449 e. The number of carbonyl (C=O) groups is 3. The number of esters is 1. The van der Waals surface area contributed by atoms with Crippen molar-refractivity contribution < 1.29 is 32.3 Å². The van der Waals surface area contributed by atoms with E-state index in [4.69, 9.17) is 10.5 Å². The van der Waals surface area contributed by atoms with Gasteiger partial charge in [0.1, 0.15) is 5.78 Å². The van der Waals surface area contributed by atoms with Gasteiger partial charge in [0.05, 0.1) is 12.0 Å². The van der Waals surface area contributed by atoms with Gasteiger partial charge < -0.3 is 20.2 Å². The fraction of sp³-hybridized carbons (Fsp3) is 0.640. The number of ether oxygens (including phenoxy) is 1. The van der Waals surface area contributed by atoms with E-state index in [2.05, 4.69) is 4.90 Å². The molecule has 2 aliphatic rings. The normalized spacial score (nSPS) is 23.7. The summed E-state index contributed by atoms with van der Waals surface area (Å²) in [5.41, 5.74) is 4.24. The van der Waals surface area contributed by atoms with Gasteiger partial charge in [-0.25, -0.2) is 0 Å². The molecule has 1 saturated heterocycles. The van der Waals surface area contributed by atoms with E-state index >= 15 is 0 Å². The Morgan fingerprint density at radius 1 is 1.09 bits per heavy atom. The van der Waals surface area contributed by atoms with Crippen LogP contribution in [-0.4, -0.2) is 60.9 Å². The summed E-state index contributed by atoms with van der Waals surface area (Å²) < 4.78 is 44.5. The van der Waals surface area contributed by atoms with Gasteiger partial charge in [-0.05, 0) is 69.7 Å². The number of anilines is 1. The summed E-state index contributed by atoms with van der Waals surface area (Å²) in [4.78, 5) is 39.6. The van der Waals surface area contributed by atoms with Crippen molar-refractivity contribution >= 4 is 23.3 Å². The number of ketones is 1. The monoisotopic (exact) mass is 497 g/mol. The maximum Gasteiger partial charge on any atom is 0.416 e. The molecule has 1 aromatic rings. The molecule has 0 aromatic heterocycles. The van der Waals surface area contributed by atoms with Crippen LogP contribution in [0.2, 0.25) is 0 Å². The number of amides is 1. The number of benzene rings is 1. The standard InChI is InChI=1S/C25H34F3N3O4/c1-18(32)5-6-22(33)35-24(23(29)34)10-7-19(8-11-24)9-12-30-13-15-31(16-14-30)21-4-2-3-20(17-21)25(26,27)28/h2-4,17,19H,5-16H2,1H3,(H2,29,34). The smallest absolute Gasteiger partial charge is 0.416 e. The summed E-state index contributed by atoms with van der Waals surface area (Å²) in [7, 11) is 0. The second kappa shape index (κ2) is 11.4. The topological polar surface area (TPSA) is 92.9 Å². The van der Waals surface area contributed by atoms with Crippen molar-refractivity contribution in [3.8, 4) is 0 Å². The van der Waals surface area contributed by atoms with Crippen LogP contribution >= 0.6 is 0 Å². The maximum atomic E-state index is 13.0. The van der Waals surface area contributed by atoms with Crippen LogP contribution in [0.4, 0.5) is 18.9 Å². The average molecular weight is 498 g/mol. The second-order valence-corrected chi connectivity index (χ2v) is 9.64. The predicted octanol–water partition coefficient (Wildman–Crippen LogP) is 3.54. The number of primary amides is 1. The van der Waals surface area contributed by atoms with Crippen LogP contribution < -0.4 is 10.6 Å². The Bertz CT molecular complexity index is 905. The minimum atomic E-state index is -4.35. The molecular weight excluding hydrogens is 463 g/mol. The molecule has 0 bridgehead atoms. The lowest BCUT2D eigenvalue weighted by molar-refractivity contribution is -0.172. The molecule has 0 atom stereocenters. The number of nitrogens with zero attached hydrogens (tertiary/aromatic N) is 2. The quantitative estimate of drug-likeness (QED) is 0.525. The second-order valence-electron chi connectivity index (χ2n) is 9.64. The van der Waals surface area contributed by atoms with E-state index in [1.807, 2.05) is 4.90 Å². The molecule has 1 saturated carbocycles. The lowest BCUT2D eigenvalue weighted by Gasteiger charge is -2.39. The zero-order valence-electron chi connectivity index (χ0n) is 20.1. The van der Waals surface area contributed by atoms with Gasteiger partial charge in [0.25, 0.3) is 5.91 Å². The van der Waals surface area contributed by atoms with Crippen LogP contribution in [0.1, 0.15) is 57.4 Å². The van der Waals surface area contributed by atoms with Gasteiger partial charge in [0.2, 0.25) is 0 Å². The number of piperazine rings is 1. The van der Waals surface area contributed by atoms with Crippen LogP contribution in [-0.2, 0) is 25.3 Å². The highest BCUT2D eigenvalue weighted by Gasteiger charge is 2.44. The number of hydrogen-bond acceptors (Lipinski definition) is 6. The lowest BCUT2D eigenvalue weighted by Crippen LogP contribution is -2.50. The Kier molecular flexibility index (Phi) is 8.79. The molecule has 10 heteroatoms.